The maximum atomic E-state index is 12.3. The Hall–Kier alpha value is -1.50. The van der Waals surface area contributed by atoms with E-state index in [-0.39, 0.29) is 36.6 Å². The van der Waals surface area contributed by atoms with Gasteiger partial charge in [-0.05, 0) is 31.4 Å². The van der Waals surface area contributed by atoms with Crippen molar-refractivity contribution >= 4 is 42.3 Å². The molecule has 1 aromatic carbocycles. The van der Waals surface area contributed by atoms with Crippen molar-refractivity contribution in [3.63, 3.8) is 0 Å². The first kappa shape index (κ1) is 22.5. The first-order chi connectivity index (χ1) is 11.6. The third-order valence-electron chi connectivity index (χ3n) is 4.85. The molecule has 0 unspecified atom stereocenters. The summed E-state index contributed by atoms with van der Waals surface area (Å²) in [5.74, 6) is 0.0947. The van der Waals surface area contributed by atoms with E-state index >= 15 is 0 Å². The van der Waals surface area contributed by atoms with Gasteiger partial charge in [0, 0.05) is 44.8 Å². The van der Waals surface area contributed by atoms with Crippen LogP contribution in [-0.2, 0) is 9.59 Å². The van der Waals surface area contributed by atoms with Crippen molar-refractivity contribution in [2.24, 2.45) is 5.73 Å². The van der Waals surface area contributed by atoms with E-state index in [4.69, 9.17) is 5.73 Å². The lowest BCUT2D eigenvalue weighted by Crippen LogP contribution is -2.49. The van der Waals surface area contributed by atoms with Crippen LogP contribution in [0.4, 0.5) is 5.69 Å². The molecule has 146 valence electrons. The molecule has 2 aliphatic rings. The van der Waals surface area contributed by atoms with Crippen LogP contribution in [0.2, 0.25) is 0 Å². The molecule has 3 N–H and O–H groups in total. The third-order valence-corrected chi connectivity index (χ3v) is 4.85. The number of amides is 2. The summed E-state index contributed by atoms with van der Waals surface area (Å²) in [6.45, 7) is 3.76. The van der Waals surface area contributed by atoms with Gasteiger partial charge >= 0.3 is 0 Å². The summed E-state index contributed by atoms with van der Waals surface area (Å²) >= 11 is 0. The fraction of sp³-hybridized carbons (Fsp3) is 0.556. The Kier molecular flexibility index (Phi) is 8.67. The zero-order valence-electron chi connectivity index (χ0n) is 14.9. The number of halogens is 2. The molecule has 1 saturated heterocycles. The van der Waals surface area contributed by atoms with Crippen molar-refractivity contribution in [3.8, 4) is 0 Å². The van der Waals surface area contributed by atoms with E-state index in [1.54, 1.807) is 0 Å². The Morgan fingerprint density at radius 1 is 1.04 bits per heavy atom. The van der Waals surface area contributed by atoms with E-state index in [2.05, 4.69) is 22.3 Å². The fourth-order valence-electron chi connectivity index (χ4n) is 2.99. The number of hydrogen-bond donors (Lipinski definition) is 2. The van der Waals surface area contributed by atoms with Gasteiger partial charge in [0.15, 0.2) is 0 Å². The van der Waals surface area contributed by atoms with Gasteiger partial charge in [-0.3, -0.25) is 9.59 Å². The molecule has 0 aromatic heterocycles. The van der Waals surface area contributed by atoms with E-state index < -0.39 is 5.54 Å². The van der Waals surface area contributed by atoms with Crippen LogP contribution < -0.4 is 16.0 Å². The van der Waals surface area contributed by atoms with Gasteiger partial charge in [0.1, 0.15) is 0 Å². The van der Waals surface area contributed by atoms with Crippen LogP contribution >= 0.6 is 24.8 Å². The predicted octanol–water partition coefficient (Wildman–Crippen LogP) is 1.57. The van der Waals surface area contributed by atoms with Crippen LogP contribution in [0.25, 0.3) is 0 Å². The minimum absolute atomic E-state index is 0. The molecule has 1 aromatic rings. The summed E-state index contributed by atoms with van der Waals surface area (Å²) in [6, 6.07) is 10.3. The van der Waals surface area contributed by atoms with Crippen molar-refractivity contribution in [2.75, 3.05) is 37.6 Å². The lowest BCUT2D eigenvalue weighted by atomic mass is 10.2. The summed E-state index contributed by atoms with van der Waals surface area (Å²) in [6.07, 6.45) is 2.68. The number of carbonyl (C=O) groups is 2. The fourth-order valence-corrected chi connectivity index (χ4v) is 2.99. The summed E-state index contributed by atoms with van der Waals surface area (Å²) in [4.78, 5) is 28.2. The van der Waals surface area contributed by atoms with Gasteiger partial charge in [-0.2, -0.15) is 0 Å². The number of hydrogen-bond acceptors (Lipinski definition) is 4. The summed E-state index contributed by atoms with van der Waals surface area (Å²) in [5, 5.41) is 2.83. The molecule has 0 atom stereocenters. The number of benzene rings is 1. The maximum absolute atomic E-state index is 12.3. The summed E-state index contributed by atoms with van der Waals surface area (Å²) in [7, 11) is 0. The van der Waals surface area contributed by atoms with E-state index in [0.29, 0.717) is 19.4 Å². The Balaban J connectivity index is 0.00000169. The Morgan fingerprint density at radius 3 is 2.23 bits per heavy atom. The van der Waals surface area contributed by atoms with Gasteiger partial charge in [-0.25, -0.2) is 0 Å². The molecule has 26 heavy (non-hydrogen) atoms. The molecule has 0 bridgehead atoms. The largest absolute Gasteiger partial charge is 0.368 e. The minimum atomic E-state index is -0.627. The second kappa shape index (κ2) is 10.00. The van der Waals surface area contributed by atoms with Gasteiger partial charge in [0.25, 0.3) is 0 Å². The molecule has 2 fully saturated rings. The predicted molar refractivity (Wildman–Crippen MR) is 108 cm³/mol. The topological polar surface area (TPSA) is 78.7 Å². The highest BCUT2D eigenvalue weighted by molar-refractivity contribution is 5.89. The molecule has 1 aliphatic heterocycles. The second-order valence-electron chi connectivity index (χ2n) is 6.72. The maximum Gasteiger partial charge on any atom is 0.240 e. The summed E-state index contributed by atoms with van der Waals surface area (Å²) < 4.78 is 0. The molecule has 3 rings (SSSR count). The lowest BCUT2D eigenvalue weighted by molar-refractivity contribution is -0.131. The number of carbonyl (C=O) groups excluding carboxylic acids is 2. The molecule has 2 amide bonds. The number of nitrogens with zero attached hydrogens (tertiary/aromatic N) is 2. The summed E-state index contributed by atoms with van der Waals surface area (Å²) in [5.41, 5.74) is 6.40. The van der Waals surface area contributed by atoms with Gasteiger partial charge in [-0.15, -0.1) is 24.8 Å². The lowest BCUT2D eigenvalue weighted by Gasteiger charge is -2.36. The standard InChI is InChI=1S/C18H26N4O2.2ClH/c19-18(8-9-18)17(24)20-10-4-7-16(23)22-13-11-21(12-14-22)15-5-2-1-3-6-15;;/h1-3,5-6H,4,7-14,19H2,(H,20,24);2*1H. The van der Waals surface area contributed by atoms with Gasteiger partial charge in [0.2, 0.25) is 11.8 Å². The third kappa shape index (κ3) is 5.76. The van der Waals surface area contributed by atoms with Crippen LogP contribution in [0.1, 0.15) is 25.7 Å². The molecule has 0 spiro atoms. The molecule has 1 aliphatic carbocycles. The van der Waals surface area contributed by atoms with E-state index in [9.17, 15) is 9.59 Å². The first-order valence-corrected chi connectivity index (χ1v) is 8.73. The number of nitrogens with one attached hydrogen (secondary N) is 1. The van der Waals surface area contributed by atoms with E-state index in [1.807, 2.05) is 23.1 Å². The van der Waals surface area contributed by atoms with E-state index in [0.717, 1.165) is 39.0 Å². The molecule has 1 heterocycles. The van der Waals surface area contributed by atoms with Crippen LogP contribution in [-0.4, -0.2) is 55.0 Å². The average molecular weight is 403 g/mol. The number of piperazine rings is 1. The van der Waals surface area contributed by atoms with Gasteiger partial charge in [-0.1, -0.05) is 18.2 Å². The molecule has 1 saturated carbocycles. The SMILES string of the molecule is Cl.Cl.NC1(C(=O)NCCCC(=O)N2CCN(c3ccccc3)CC2)CC1. The van der Waals surface area contributed by atoms with Crippen LogP contribution in [0.15, 0.2) is 30.3 Å². The second-order valence-corrected chi connectivity index (χ2v) is 6.72. The smallest absolute Gasteiger partial charge is 0.240 e. The number of para-hydroxylation sites is 1. The Labute approximate surface area is 167 Å². The monoisotopic (exact) mass is 402 g/mol. The molecular formula is C18H28Cl2N4O2. The highest BCUT2D eigenvalue weighted by Crippen LogP contribution is 2.31. The van der Waals surface area contributed by atoms with Crippen LogP contribution in [0.5, 0.6) is 0 Å². The van der Waals surface area contributed by atoms with Crippen molar-refractivity contribution < 1.29 is 9.59 Å². The van der Waals surface area contributed by atoms with Crippen LogP contribution in [0, 0.1) is 0 Å². The highest BCUT2D eigenvalue weighted by atomic mass is 35.5. The average Bonchev–Trinajstić information content (AvgIpc) is 3.38. The molecule has 8 heteroatoms. The van der Waals surface area contributed by atoms with E-state index in [1.165, 1.54) is 5.69 Å². The van der Waals surface area contributed by atoms with Crippen molar-refractivity contribution in [3.05, 3.63) is 30.3 Å². The molecule has 0 radical (unpaired) electrons. The quantitative estimate of drug-likeness (QED) is 0.707. The van der Waals surface area contributed by atoms with Crippen molar-refractivity contribution in [1.82, 2.24) is 10.2 Å². The minimum Gasteiger partial charge on any atom is -0.368 e. The first-order valence-electron chi connectivity index (χ1n) is 8.73. The zero-order chi connectivity index (χ0) is 17.0. The molecular weight excluding hydrogens is 375 g/mol. The van der Waals surface area contributed by atoms with Gasteiger partial charge < -0.3 is 20.9 Å². The van der Waals surface area contributed by atoms with Gasteiger partial charge in [0.05, 0.1) is 5.54 Å². The van der Waals surface area contributed by atoms with Crippen LogP contribution in [0.3, 0.4) is 0 Å². The number of anilines is 1. The Morgan fingerprint density at radius 2 is 1.65 bits per heavy atom. The normalized spacial score (nSPS) is 17.6. The Bertz CT molecular complexity index is 588. The highest BCUT2D eigenvalue weighted by Gasteiger charge is 2.45. The number of nitrogens with two attached hydrogens (primary N) is 1. The van der Waals surface area contributed by atoms with Crippen molar-refractivity contribution in [2.45, 2.75) is 31.2 Å². The molecule has 6 nitrogen and oxygen atoms in total. The zero-order valence-corrected chi connectivity index (χ0v) is 16.5. The number of rotatable bonds is 6. The van der Waals surface area contributed by atoms with Crippen molar-refractivity contribution in [1.29, 1.82) is 0 Å².